The highest BCUT2D eigenvalue weighted by Crippen LogP contribution is 2.53. The van der Waals surface area contributed by atoms with Gasteiger partial charge in [-0.2, -0.15) is 0 Å². The second-order valence-electron chi connectivity index (χ2n) is 13.1. The lowest BCUT2D eigenvalue weighted by molar-refractivity contribution is -0.126. The average molecular weight is 720 g/mol. The number of ether oxygens (including phenoxy) is 1. The Morgan fingerprint density at radius 3 is 2.27 bits per heavy atom. The molecule has 3 atom stereocenters. The molecule has 3 amide bonds. The van der Waals surface area contributed by atoms with Crippen LogP contribution in [0.1, 0.15) is 89.2 Å². The fourth-order valence-electron chi connectivity index (χ4n) is 6.42. The van der Waals surface area contributed by atoms with Crippen molar-refractivity contribution < 1.29 is 37.8 Å². The van der Waals surface area contributed by atoms with Gasteiger partial charge in [0.15, 0.2) is 5.85 Å². The van der Waals surface area contributed by atoms with E-state index in [9.17, 15) is 24.1 Å². The van der Waals surface area contributed by atoms with Gasteiger partial charge in [-0.15, -0.1) is 0 Å². The molecule has 2 fully saturated rings. The molecule has 1 unspecified atom stereocenters. The zero-order chi connectivity index (χ0) is 35.3. The number of halogens is 1. The van der Waals surface area contributed by atoms with Crippen LogP contribution < -0.4 is 16.0 Å². The number of amides is 3. The van der Waals surface area contributed by atoms with Crippen LogP contribution in [-0.2, 0) is 41.0 Å². The van der Waals surface area contributed by atoms with Gasteiger partial charge in [0.25, 0.3) is 0 Å². The van der Waals surface area contributed by atoms with Crippen molar-refractivity contribution in [1.29, 1.82) is 0 Å². The van der Waals surface area contributed by atoms with Crippen molar-refractivity contribution in [2.24, 2.45) is 5.92 Å². The van der Waals surface area contributed by atoms with Gasteiger partial charge < -0.3 is 34.8 Å². The monoisotopic (exact) mass is 719 g/mol. The summed E-state index contributed by atoms with van der Waals surface area (Å²) < 4.78 is 29.9. The lowest BCUT2D eigenvalue weighted by atomic mass is 9.84. The number of alkyl carbamates (subject to hydrolysis) is 1. The minimum Gasteiger partial charge on any atom is -0.445 e. The molecule has 0 saturated heterocycles. The smallest absolute Gasteiger partial charge is 0.408 e. The molecular weight excluding hydrogens is 669 g/mol. The van der Waals surface area contributed by atoms with E-state index in [1.54, 1.807) is 38.1 Å². The first-order valence-corrected chi connectivity index (χ1v) is 19.4. The molecule has 0 radical (unpaired) electrons. The fourth-order valence-corrected chi connectivity index (χ4v) is 8.40. The second-order valence-corrected chi connectivity index (χ2v) is 15.6. The molecule has 2 saturated carbocycles. The number of carbonyl (C=O) groups is 3. The average Bonchev–Trinajstić information content (AvgIpc) is 3.84. The van der Waals surface area contributed by atoms with Crippen molar-refractivity contribution in [2.75, 3.05) is 13.2 Å². The van der Waals surface area contributed by atoms with Crippen LogP contribution in [0, 0.1) is 5.92 Å². The highest BCUT2D eigenvalue weighted by atomic mass is 35.5. The maximum atomic E-state index is 13.9. The van der Waals surface area contributed by atoms with E-state index in [2.05, 4.69) is 16.0 Å². The van der Waals surface area contributed by atoms with Crippen LogP contribution in [0.25, 0.3) is 0 Å². The maximum absolute atomic E-state index is 13.9. The van der Waals surface area contributed by atoms with E-state index in [0.717, 1.165) is 50.5 Å². The summed E-state index contributed by atoms with van der Waals surface area (Å²) in [5, 5.41) is 20.6. The number of rotatable bonds is 19. The van der Waals surface area contributed by atoms with Gasteiger partial charge in [0.05, 0.1) is 19.3 Å². The molecule has 4 rings (SSSR count). The summed E-state index contributed by atoms with van der Waals surface area (Å²) in [5.41, 5.74) is 1.48. The summed E-state index contributed by atoms with van der Waals surface area (Å²) in [7, 11) is -4.11. The van der Waals surface area contributed by atoms with E-state index in [4.69, 9.17) is 25.4 Å². The third-order valence-corrected chi connectivity index (χ3v) is 11.6. The van der Waals surface area contributed by atoms with Crippen LogP contribution in [0.5, 0.6) is 0 Å². The van der Waals surface area contributed by atoms with Crippen molar-refractivity contribution in [3.63, 3.8) is 0 Å². The molecule has 270 valence electrons. The molecule has 0 spiro atoms. The number of nitrogens with one attached hydrogen (secondary N) is 3. The fraction of sp³-hybridized carbons (Fsp3) is 0.583. The first kappa shape index (κ1) is 38.8. The van der Waals surface area contributed by atoms with Crippen molar-refractivity contribution in [2.45, 2.75) is 115 Å². The van der Waals surface area contributed by atoms with Crippen molar-refractivity contribution in [3.8, 4) is 0 Å². The summed E-state index contributed by atoms with van der Waals surface area (Å²) in [6.07, 6.45) is 6.91. The summed E-state index contributed by atoms with van der Waals surface area (Å²) in [5.74, 6) is -2.39. The summed E-state index contributed by atoms with van der Waals surface area (Å²) in [4.78, 5) is 40.1. The lowest BCUT2D eigenvalue weighted by Gasteiger charge is -2.32. The Balaban J connectivity index is 1.46. The molecule has 2 aromatic rings. The number of carbonyl (C=O) groups excluding carboxylic acids is 3. The van der Waals surface area contributed by atoms with Crippen molar-refractivity contribution in [3.05, 3.63) is 70.7 Å². The standard InChI is InChI=1S/C36H51ClN3O8P/c1-3-47-49(45,48-4-2)34(43)30(18-19-32(41)40-36(20-21-36)24-27-14-9-6-10-15-27)38-33(42)31(23-26-12-7-5-8-13-26)39-35(44)46-25-28-16-11-17-29(37)22-28/h6,9-11,14-17,22,26,30-31,34,43H,3-5,7-8,12-13,18-21,23-25H2,1-2H3,(H,38,42)(H,39,44)(H,40,41)/t30-,31-,34?/m0/s1. The van der Waals surface area contributed by atoms with Gasteiger partial charge in [0.2, 0.25) is 11.8 Å². The number of aliphatic hydroxyl groups is 1. The molecule has 13 heteroatoms. The normalized spacial score (nSPS) is 17.7. The van der Waals surface area contributed by atoms with E-state index in [1.807, 2.05) is 30.3 Å². The van der Waals surface area contributed by atoms with Crippen LogP contribution in [0.4, 0.5) is 4.79 Å². The molecule has 2 aliphatic rings. The van der Waals surface area contributed by atoms with Gasteiger partial charge in [-0.1, -0.05) is 86.2 Å². The molecule has 2 aromatic carbocycles. The van der Waals surface area contributed by atoms with Crippen molar-refractivity contribution >= 4 is 37.1 Å². The van der Waals surface area contributed by atoms with E-state index >= 15 is 0 Å². The largest absolute Gasteiger partial charge is 0.445 e. The molecule has 0 aliphatic heterocycles. The van der Waals surface area contributed by atoms with Gasteiger partial charge in [0.1, 0.15) is 12.6 Å². The van der Waals surface area contributed by atoms with Gasteiger partial charge in [-0.25, -0.2) is 4.79 Å². The van der Waals surface area contributed by atoms with E-state index < -0.39 is 37.5 Å². The van der Waals surface area contributed by atoms with Gasteiger partial charge in [0, 0.05) is 17.0 Å². The van der Waals surface area contributed by atoms with Crippen LogP contribution >= 0.6 is 19.2 Å². The molecule has 0 bridgehead atoms. The van der Waals surface area contributed by atoms with Gasteiger partial charge in [-0.05, 0) is 75.1 Å². The van der Waals surface area contributed by atoms with Crippen LogP contribution in [0.15, 0.2) is 54.6 Å². The third kappa shape index (κ3) is 12.4. The highest BCUT2D eigenvalue weighted by Gasteiger charge is 2.45. The zero-order valence-electron chi connectivity index (χ0n) is 28.5. The van der Waals surface area contributed by atoms with E-state index in [0.29, 0.717) is 23.4 Å². The Morgan fingerprint density at radius 2 is 1.63 bits per heavy atom. The minimum absolute atomic E-state index is 0.00181. The second kappa shape index (κ2) is 18.9. The molecule has 2 aliphatic carbocycles. The first-order chi connectivity index (χ1) is 23.5. The van der Waals surface area contributed by atoms with Crippen LogP contribution in [-0.4, -0.2) is 59.7 Å². The molecule has 49 heavy (non-hydrogen) atoms. The number of hydrogen-bond acceptors (Lipinski definition) is 8. The molecule has 11 nitrogen and oxygen atoms in total. The van der Waals surface area contributed by atoms with E-state index in [1.165, 1.54) is 0 Å². The Labute approximate surface area is 294 Å². The maximum Gasteiger partial charge on any atom is 0.408 e. The van der Waals surface area contributed by atoms with E-state index in [-0.39, 0.29) is 50.0 Å². The summed E-state index contributed by atoms with van der Waals surface area (Å²) in [6.45, 7) is 3.21. The zero-order valence-corrected chi connectivity index (χ0v) is 30.2. The Kier molecular flexibility index (Phi) is 15.0. The Morgan fingerprint density at radius 1 is 0.959 bits per heavy atom. The van der Waals surface area contributed by atoms with Gasteiger partial charge >= 0.3 is 13.7 Å². The predicted molar refractivity (Wildman–Crippen MR) is 188 cm³/mol. The lowest BCUT2D eigenvalue weighted by Crippen LogP contribution is -2.53. The third-order valence-electron chi connectivity index (χ3n) is 9.12. The van der Waals surface area contributed by atoms with Crippen LogP contribution in [0.2, 0.25) is 5.02 Å². The Bertz CT molecular complexity index is 1410. The van der Waals surface area contributed by atoms with Crippen molar-refractivity contribution in [1.82, 2.24) is 16.0 Å². The molecule has 0 aromatic heterocycles. The van der Waals surface area contributed by atoms with Crippen LogP contribution in [0.3, 0.4) is 0 Å². The molecule has 4 N–H and O–H groups in total. The number of aliphatic hydroxyl groups excluding tert-OH is 1. The highest BCUT2D eigenvalue weighted by molar-refractivity contribution is 7.54. The van der Waals surface area contributed by atoms with Gasteiger partial charge in [-0.3, -0.25) is 14.2 Å². The molecular formula is C36H51ClN3O8P. The summed E-state index contributed by atoms with van der Waals surface area (Å²) in [6, 6.07) is 14.7. The summed E-state index contributed by atoms with van der Waals surface area (Å²) >= 11 is 6.06. The quantitative estimate of drug-likeness (QED) is 0.118. The SMILES string of the molecule is CCOP(=O)(OCC)C(O)[C@H](CCC(=O)NC1(Cc2ccccc2)CC1)NC(=O)[C@H](CC1CCCCC1)NC(=O)OCc1cccc(Cl)c1. The minimum atomic E-state index is -4.11. The topological polar surface area (TPSA) is 152 Å². The first-order valence-electron chi connectivity index (χ1n) is 17.4. The number of hydrogen-bond donors (Lipinski definition) is 4. The molecule has 0 heterocycles. The Hall–Kier alpha value is -2.95. The predicted octanol–water partition coefficient (Wildman–Crippen LogP) is 6.65. The number of benzene rings is 2.